The van der Waals surface area contributed by atoms with Gasteiger partial charge >= 0.3 is 0 Å². The van der Waals surface area contributed by atoms with Crippen molar-refractivity contribution in [3.8, 4) is 0 Å². The molecule has 2 heterocycles. The molecule has 1 aromatic rings. The molecular weight excluding hydrogens is 236 g/mol. The first kappa shape index (κ1) is 14.3. The number of nitrogens with two attached hydrogens (primary N) is 1. The summed E-state index contributed by atoms with van der Waals surface area (Å²) < 4.78 is 0. The lowest BCUT2D eigenvalue weighted by molar-refractivity contribution is 0.220. The highest BCUT2D eigenvalue weighted by Crippen LogP contribution is 2.21. The Bertz CT molecular complexity index is 411. The number of hydrogen-bond acceptors (Lipinski definition) is 4. The molecule has 4 nitrogen and oxygen atoms in total. The van der Waals surface area contributed by atoms with Crippen LogP contribution in [0.5, 0.6) is 0 Å². The van der Waals surface area contributed by atoms with E-state index in [2.05, 4.69) is 35.9 Å². The zero-order valence-corrected chi connectivity index (χ0v) is 12.4. The van der Waals surface area contributed by atoms with E-state index in [1.165, 1.54) is 32.5 Å². The van der Waals surface area contributed by atoms with Gasteiger partial charge in [-0.25, -0.2) is 4.98 Å². The summed E-state index contributed by atoms with van der Waals surface area (Å²) in [5, 5.41) is 0. The van der Waals surface area contributed by atoms with E-state index >= 15 is 0 Å². The number of likely N-dealkylation sites (tertiary alicyclic amines) is 1. The monoisotopic (exact) mass is 262 g/mol. The number of aryl methyl sites for hydroxylation is 1. The normalized spacial score (nSPS) is 17.7. The summed E-state index contributed by atoms with van der Waals surface area (Å²) in [4.78, 5) is 9.54. The molecule has 0 amide bonds. The van der Waals surface area contributed by atoms with E-state index in [0.29, 0.717) is 12.6 Å². The molecule has 1 aromatic heterocycles. The minimum Gasteiger partial charge on any atom is -0.357 e. The average molecular weight is 262 g/mol. The number of piperidine rings is 1. The van der Waals surface area contributed by atoms with Crippen LogP contribution in [0.4, 0.5) is 5.82 Å². The molecule has 2 rings (SSSR count). The molecule has 0 aliphatic carbocycles. The SMILES string of the molecule is CCN1CCC(N(C)c2ccc(CN)c(C)n2)CC1. The van der Waals surface area contributed by atoms with Crippen LogP contribution in [0.1, 0.15) is 31.0 Å². The van der Waals surface area contributed by atoms with Gasteiger partial charge in [-0.1, -0.05) is 13.0 Å². The number of rotatable bonds is 4. The molecule has 1 aliphatic heterocycles. The molecule has 106 valence electrons. The van der Waals surface area contributed by atoms with Gasteiger partial charge in [0.15, 0.2) is 0 Å². The summed E-state index contributed by atoms with van der Waals surface area (Å²) in [5.74, 6) is 1.07. The highest BCUT2D eigenvalue weighted by atomic mass is 15.2. The predicted octanol–water partition coefficient (Wildman–Crippen LogP) is 1.77. The molecule has 19 heavy (non-hydrogen) atoms. The Morgan fingerprint density at radius 3 is 2.58 bits per heavy atom. The molecule has 1 aliphatic rings. The fraction of sp³-hybridized carbons (Fsp3) is 0.667. The molecule has 4 heteroatoms. The molecule has 0 aromatic carbocycles. The number of aromatic nitrogens is 1. The van der Waals surface area contributed by atoms with Crippen molar-refractivity contribution in [1.82, 2.24) is 9.88 Å². The second-order valence-electron chi connectivity index (χ2n) is 5.39. The number of pyridine rings is 1. The Hall–Kier alpha value is -1.13. The minimum absolute atomic E-state index is 0.567. The Kier molecular flexibility index (Phi) is 4.77. The van der Waals surface area contributed by atoms with Crippen LogP contribution in [-0.2, 0) is 6.54 Å². The summed E-state index contributed by atoms with van der Waals surface area (Å²) in [7, 11) is 2.16. The number of hydrogen-bond donors (Lipinski definition) is 1. The molecule has 1 saturated heterocycles. The van der Waals surface area contributed by atoms with E-state index in [-0.39, 0.29) is 0 Å². The first-order valence-corrected chi connectivity index (χ1v) is 7.27. The lowest BCUT2D eigenvalue weighted by Crippen LogP contribution is -2.43. The van der Waals surface area contributed by atoms with Gasteiger partial charge in [0, 0.05) is 38.4 Å². The summed E-state index contributed by atoms with van der Waals surface area (Å²) in [6.07, 6.45) is 2.45. The van der Waals surface area contributed by atoms with Crippen molar-refractivity contribution in [2.24, 2.45) is 5.73 Å². The Balaban J connectivity index is 2.03. The van der Waals surface area contributed by atoms with Crippen molar-refractivity contribution in [3.63, 3.8) is 0 Å². The number of nitrogens with zero attached hydrogens (tertiary/aromatic N) is 3. The van der Waals surface area contributed by atoms with Gasteiger partial charge in [-0.15, -0.1) is 0 Å². The largest absolute Gasteiger partial charge is 0.357 e. The molecule has 0 unspecified atom stereocenters. The summed E-state index contributed by atoms with van der Waals surface area (Å²) in [5.41, 5.74) is 7.88. The van der Waals surface area contributed by atoms with E-state index in [9.17, 15) is 0 Å². The van der Waals surface area contributed by atoms with Crippen LogP contribution >= 0.6 is 0 Å². The van der Waals surface area contributed by atoms with Crippen LogP contribution in [0.2, 0.25) is 0 Å². The molecule has 0 radical (unpaired) electrons. The second kappa shape index (κ2) is 6.35. The van der Waals surface area contributed by atoms with Crippen molar-refractivity contribution < 1.29 is 0 Å². The maximum absolute atomic E-state index is 5.69. The Labute approximate surface area is 116 Å². The summed E-state index contributed by atoms with van der Waals surface area (Å²) in [6, 6.07) is 4.81. The highest BCUT2D eigenvalue weighted by molar-refractivity contribution is 5.42. The van der Waals surface area contributed by atoms with Crippen molar-refractivity contribution in [3.05, 3.63) is 23.4 Å². The van der Waals surface area contributed by atoms with Gasteiger partial charge < -0.3 is 15.5 Å². The van der Waals surface area contributed by atoms with Gasteiger partial charge in [0.2, 0.25) is 0 Å². The third kappa shape index (κ3) is 3.25. The quantitative estimate of drug-likeness (QED) is 0.898. The molecule has 0 atom stereocenters. The second-order valence-corrected chi connectivity index (χ2v) is 5.39. The van der Waals surface area contributed by atoms with Crippen LogP contribution in [0.25, 0.3) is 0 Å². The van der Waals surface area contributed by atoms with E-state index in [4.69, 9.17) is 10.7 Å². The van der Waals surface area contributed by atoms with E-state index < -0.39 is 0 Å². The topological polar surface area (TPSA) is 45.4 Å². The Morgan fingerprint density at radius 2 is 2.05 bits per heavy atom. The summed E-state index contributed by atoms with van der Waals surface area (Å²) >= 11 is 0. The fourth-order valence-electron chi connectivity index (χ4n) is 2.80. The highest BCUT2D eigenvalue weighted by Gasteiger charge is 2.22. The predicted molar refractivity (Wildman–Crippen MR) is 80.4 cm³/mol. The van der Waals surface area contributed by atoms with E-state index in [0.717, 1.165) is 17.1 Å². The van der Waals surface area contributed by atoms with Crippen molar-refractivity contribution in [2.75, 3.05) is 31.6 Å². The standard InChI is InChI=1S/C15H26N4/c1-4-19-9-7-14(8-10-19)18(3)15-6-5-13(11-16)12(2)17-15/h5-6,14H,4,7-11,16H2,1-3H3. The van der Waals surface area contributed by atoms with Crippen molar-refractivity contribution in [1.29, 1.82) is 0 Å². The molecule has 1 fully saturated rings. The van der Waals surface area contributed by atoms with Crippen LogP contribution < -0.4 is 10.6 Å². The first-order valence-electron chi connectivity index (χ1n) is 7.27. The Morgan fingerprint density at radius 1 is 1.37 bits per heavy atom. The third-order valence-corrected chi connectivity index (χ3v) is 4.31. The van der Waals surface area contributed by atoms with Gasteiger partial charge in [0.1, 0.15) is 5.82 Å². The molecule has 2 N–H and O–H groups in total. The smallest absolute Gasteiger partial charge is 0.128 e. The van der Waals surface area contributed by atoms with Crippen LogP contribution in [-0.4, -0.2) is 42.6 Å². The van der Waals surface area contributed by atoms with Gasteiger partial charge in [-0.05, 0) is 37.9 Å². The fourth-order valence-corrected chi connectivity index (χ4v) is 2.80. The van der Waals surface area contributed by atoms with Gasteiger partial charge in [0.25, 0.3) is 0 Å². The average Bonchev–Trinajstić information content (AvgIpc) is 2.46. The van der Waals surface area contributed by atoms with Crippen molar-refractivity contribution in [2.45, 2.75) is 39.3 Å². The van der Waals surface area contributed by atoms with Gasteiger partial charge in [-0.3, -0.25) is 0 Å². The van der Waals surface area contributed by atoms with Crippen LogP contribution in [0.3, 0.4) is 0 Å². The maximum atomic E-state index is 5.69. The zero-order valence-electron chi connectivity index (χ0n) is 12.4. The summed E-state index contributed by atoms with van der Waals surface area (Å²) in [6.45, 7) is 8.41. The lowest BCUT2D eigenvalue weighted by atomic mass is 10.0. The van der Waals surface area contributed by atoms with Crippen molar-refractivity contribution >= 4 is 5.82 Å². The minimum atomic E-state index is 0.567. The maximum Gasteiger partial charge on any atom is 0.128 e. The van der Waals surface area contributed by atoms with E-state index in [1.807, 2.05) is 6.92 Å². The third-order valence-electron chi connectivity index (χ3n) is 4.31. The molecule has 0 spiro atoms. The van der Waals surface area contributed by atoms with E-state index in [1.54, 1.807) is 0 Å². The molecule has 0 bridgehead atoms. The van der Waals surface area contributed by atoms with Crippen LogP contribution in [0, 0.1) is 6.92 Å². The molecule has 0 saturated carbocycles. The van der Waals surface area contributed by atoms with Gasteiger partial charge in [0.05, 0.1) is 0 Å². The number of anilines is 1. The zero-order chi connectivity index (χ0) is 13.8. The lowest BCUT2D eigenvalue weighted by Gasteiger charge is -2.37. The van der Waals surface area contributed by atoms with Crippen LogP contribution in [0.15, 0.2) is 12.1 Å². The van der Waals surface area contributed by atoms with Gasteiger partial charge in [-0.2, -0.15) is 0 Å². The first-order chi connectivity index (χ1) is 9.15. The molecular formula is C15H26N4.